The zero-order valence-electron chi connectivity index (χ0n) is 14.1. The Kier molecular flexibility index (Phi) is 4.84. The number of aromatic nitrogens is 4. The van der Waals surface area contributed by atoms with Gasteiger partial charge in [0.15, 0.2) is 14.3 Å². The molecule has 3 aromatic heterocycles. The number of sulfonamides is 1. The van der Waals surface area contributed by atoms with Gasteiger partial charge in [0.25, 0.3) is 10.0 Å². The highest BCUT2D eigenvalue weighted by Crippen LogP contribution is 2.40. The molecule has 0 aliphatic carbocycles. The summed E-state index contributed by atoms with van der Waals surface area (Å²) in [7, 11) is -3.76. The van der Waals surface area contributed by atoms with E-state index >= 15 is 0 Å². The van der Waals surface area contributed by atoms with E-state index in [1.54, 1.807) is 0 Å². The summed E-state index contributed by atoms with van der Waals surface area (Å²) >= 11 is 6.56. The molecule has 0 amide bonds. The molecular weight excluding hydrogens is 439 g/mol. The quantitative estimate of drug-likeness (QED) is 0.609. The van der Waals surface area contributed by atoms with E-state index in [-0.39, 0.29) is 45.8 Å². The molecule has 0 atom stereocenters. The summed E-state index contributed by atoms with van der Waals surface area (Å²) < 4.78 is 68.6. The average Bonchev–Trinajstić information content (AvgIpc) is 3.28. The fraction of sp³-hybridized carbons (Fsp3) is 0.400. The lowest BCUT2D eigenvalue weighted by Crippen LogP contribution is -2.38. The highest BCUT2D eigenvalue weighted by Gasteiger charge is 2.38. The molecule has 1 aliphatic heterocycles. The van der Waals surface area contributed by atoms with Crippen LogP contribution in [0.25, 0.3) is 5.65 Å². The normalized spacial score (nSPS) is 17.4. The van der Waals surface area contributed by atoms with Gasteiger partial charge in [0, 0.05) is 19.3 Å². The van der Waals surface area contributed by atoms with E-state index in [1.165, 1.54) is 27.5 Å². The Labute approximate surface area is 166 Å². The second kappa shape index (κ2) is 6.94. The van der Waals surface area contributed by atoms with Crippen LogP contribution in [0.1, 0.15) is 29.9 Å². The van der Waals surface area contributed by atoms with Crippen LogP contribution in [0.5, 0.6) is 0 Å². The van der Waals surface area contributed by atoms with E-state index < -0.39 is 27.7 Å². The number of thiazole rings is 1. The topological polar surface area (TPSA) is 80.5 Å². The summed E-state index contributed by atoms with van der Waals surface area (Å²) in [6, 6.07) is 0.977. The number of fused-ring (bicyclic) bond motifs is 1. The smallest absolute Gasteiger partial charge is 0.232 e. The van der Waals surface area contributed by atoms with Gasteiger partial charge < -0.3 is 0 Å². The maximum absolute atomic E-state index is 13.5. The minimum Gasteiger partial charge on any atom is -0.232 e. The lowest BCUT2D eigenvalue weighted by molar-refractivity contribution is -0.138. The van der Waals surface area contributed by atoms with Crippen molar-refractivity contribution in [1.82, 2.24) is 23.9 Å². The van der Waals surface area contributed by atoms with Crippen LogP contribution in [-0.2, 0) is 16.2 Å². The first kappa shape index (κ1) is 19.6. The molecule has 7 nitrogen and oxygen atoms in total. The Bertz CT molecular complexity index is 1120. The molecule has 1 fully saturated rings. The SMILES string of the molecule is O=S(=O)(c1cnc(Cl)s1)N1CCC(c2cn3ncnc3cc2C(F)(F)F)CC1. The molecule has 0 bridgehead atoms. The van der Waals surface area contributed by atoms with E-state index in [9.17, 15) is 21.6 Å². The first-order valence-corrected chi connectivity index (χ1v) is 10.8. The highest BCUT2D eigenvalue weighted by atomic mass is 35.5. The first-order chi connectivity index (χ1) is 13.2. The van der Waals surface area contributed by atoms with Gasteiger partial charge in [-0.05, 0) is 30.4 Å². The zero-order valence-corrected chi connectivity index (χ0v) is 16.5. The molecule has 0 unspecified atom stereocenters. The summed E-state index contributed by atoms with van der Waals surface area (Å²) in [5, 5.41) is 3.91. The Morgan fingerprint density at radius 3 is 2.54 bits per heavy atom. The van der Waals surface area contributed by atoms with Crippen LogP contribution in [0, 0.1) is 0 Å². The molecule has 0 radical (unpaired) electrons. The van der Waals surface area contributed by atoms with Gasteiger partial charge in [0.2, 0.25) is 0 Å². The maximum atomic E-state index is 13.5. The van der Waals surface area contributed by atoms with Crippen LogP contribution < -0.4 is 0 Å². The van der Waals surface area contributed by atoms with Crippen molar-refractivity contribution in [2.24, 2.45) is 0 Å². The summed E-state index contributed by atoms with van der Waals surface area (Å²) in [6.45, 7) is 0.213. The molecule has 13 heteroatoms. The van der Waals surface area contributed by atoms with Gasteiger partial charge in [-0.25, -0.2) is 22.9 Å². The molecule has 28 heavy (non-hydrogen) atoms. The Hall–Kier alpha value is -1.76. The Balaban J connectivity index is 1.60. The van der Waals surface area contributed by atoms with Gasteiger partial charge >= 0.3 is 6.18 Å². The van der Waals surface area contributed by atoms with Gasteiger partial charge in [-0.2, -0.15) is 22.6 Å². The van der Waals surface area contributed by atoms with Crippen LogP contribution in [0.2, 0.25) is 4.47 Å². The van der Waals surface area contributed by atoms with Crippen LogP contribution in [0.3, 0.4) is 0 Å². The fourth-order valence-corrected chi connectivity index (χ4v) is 6.26. The molecule has 150 valence electrons. The van der Waals surface area contributed by atoms with Crippen molar-refractivity contribution >= 4 is 38.6 Å². The van der Waals surface area contributed by atoms with Crippen molar-refractivity contribution in [3.63, 3.8) is 0 Å². The Morgan fingerprint density at radius 1 is 1.21 bits per heavy atom. The lowest BCUT2D eigenvalue weighted by Gasteiger charge is -2.32. The van der Waals surface area contributed by atoms with E-state index in [2.05, 4.69) is 15.1 Å². The second-order valence-corrected chi connectivity index (χ2v) is 10.1. The molecule has 0 spiro atoms. The van der Waals surface area contributed by atoms with E-state index in [1.807, 2.05) is 0 Å². The number of hydrogen-bond donors (Lipinski definition) is 0. The minimum atomic E-state index is -4.54. The van der Waals surface area contributed by atoms with Crippen LogP contribution in [0.4, 0.5) is 13.2 Å². The Morgan fingerprint density at radius 2 is 1.93 bits per heavy atom. The largest absolute Gasteiger partial charge is 0.416 e. The molecule has 1 aliphatic rings. The second-order valence-electron chi connectivity index (χ2n) is 6.31. The molecule has 0 saturated carbocycles. The van der Waals surface area contributed by atoms with Crippen molar-refractivity contribution < 1.29 is 21.6 Å². The summed E-state index contributed by atoms with van der Waals surface area (Å²) in [6.07, 6.45) is -0.303. The number of rotatable bonds is 3. The number of nitrogens with zero attached hydrogens (tertiary/aromatic N) is 5. The van der Waals surface area contributed by atoms with Crippen molar-refractivity contribution in [3.05, 3.63) is 40.4 Å². The number of alkyl halides is 3. The third-order valence-corrected chi connectivity index (χ3v) is 8.15. The molecular formula is C15H13ClF3N5O2S2. The first-order valence-electron chi connectivity index (χ1n) is 8.18. The minimum absolute atomic E-state index is 0.0240. The van der Waals surface area contributed by atoms with Crippen LogP contribution >= 0.6 is 22.9 Å². The van der Waals surface area contributed by atoms with Crippen molar-refractivity contribution in [2.45, 2.75) is 29.1 Å². The predicted octanol–water partition coefficient (Wildman–Crippen LogP) is 3.43. The molecule has 0 N–H and O–H groups in total. The van der Waals surface area contributed by atoms with Gasteiger partial charge in [0.05, 0.1) is 11.8 Å². The van der Waals surface area contributed by atoms with E-state index in [4.69, 9.17) is 11.6 Å². The molecule has 4 rings (SSSR count). The standard InChI is InChI=1S/C15H13ClF3N5O2S2/c16-14-20-6-13(27-14)28(25,26)23-3-1-9(2-4-23)10-7-24-12(21-8-22-24)5-11(10)15(17,18)19/h5-9H,1-4H2. The number of piperidine rings is 1. The van der Waals surface area contributed by atoms with E-state index in [0.717, 1.165) is 17.4 Å². The van der Waals surface area contributed by atoms with Crippen molar-refractivity contribution in [3.8, 4) is 0 Å². The summed E-state index contributed by atoms with van der Waals surface area (Å²) in [5.74, 6) is -0.443. The number of pyridine rings is 1. The van der Waals surface area contributed by atoms with Crippen molar-refractivity contribution in [2.75, 3.05) is 13.1 Å². The van der Waals surface area contributed by atoms with Gasteiger partial charge in [0.1, 0.15) is 6.33 Å². The molecule has 4 heterocycles. The highest BCUT2D eigenvalue weighted by molar-refractivity contribution is 7.91. The number of hydrogen-bond acceptors (Lipinski definition) is 6. The third-order valence-electron chi connectivity index (χ3n) is 4.70. The van der Waals surface area contributed by atoms with Gasteiger partial charge in [-0.15, -0.1) is 0 Å². The van der Waals surface area contributed by atoms with Crippen LogP contribution in [0.15, 0.2) is 29.0 Å². The van der Waals surface area contributed by atoms with Crippen LogP contribution in [-0.4, -0.2) is 45.4 Å². The van der Waals surface area contributed by atoms with Crippen molar-refractivity contribution in [1.29, 1.82) is 0 Å². The predicted molar refractivity (Wildman–Crippen MR) is 95.8 cm³/mol. The molecule has 1 saturated heterocycles. The van der Waals surface area contributed by atoms with Gasteiger partial charge in [-0.1, -0.05) is 22.9 Å². The molecule has 3 aromatic rings. The lowest BCUT2D eigenvalue weighted by atomic mass is 9.88. The average molecular weight is 452 g/mol. The summed E-state index contributed by atoms with van der Waals surface area (Å²) in [5.41, 5.74) is -0.551. The van der Waals surface area contributed by atoms with Gasteiger partial charge in [-0.3, -0.25) is 0 Å². The molecule has 0 aromatic carbocycles. The monoisotopic (exact) mass is 451 g/mol. The maximum Gasteiger partial charge on any atom is 0.416 e. The third kappa shape index (κ3) is 3.49. The fourth-order valence-electron chi connectivity index (χ4n) is 3.34. The summed E-state index contributed by atoms with van der Waals surface area (Å²) in [4.78, 5) is 7.55. The zero-order chi connectivity index (χ0) is 20.1. The number of halogens is 4. The van der Waals surface area contributed by atoms with E-state index in [0.29, 0.717) is 0 Å².